The van der Waals surface area contributed by atoms with Crippen molar-refractivity contribution in [3.8, 4) is 0 Å². The molecule has 220 valence electrons. The zero-order chi connectivity index (χ0) is 29.0. The predicted octanol–water partition coefficient (Wildman–Crippen LogP) is 6.36. The normalized spacial score (nSPS) is 28.1. The summed E-state index contributed by atoms with van der Waals surface area (Å²) in [6, 6.07) is 9.77. The number of likely N-dealkylation sites (N-methyl/N-ethyl adjacent to an activating group) is 1. The van der Waals surface area contributed by atoms with E-state index in [0.29, 0.717) is 17.8 Å². The quantitative estimate of drug-likeness (QED) is 0.433. The van der Waals surface area contributed by atoms with Crippen molar-refractivity contribution in [2.75, 3.05) is 46.8 Å². The molecule has 3 heterocycles. The molecule has 1 saturated carbocycles. The van der Waals surface area contributed by atoms with Crippen LogP contribution in [0.1, 0.15) is 64.5 Å². The summed E-state index contributed by atoms with van der Waals surface area (Å²) in [5, 5.41) is 0. The molecule has 0 spiro atoms. The zero-order valence-corrected chi connectivity index (χ0v) is 25.6. The van der Waals surface area contributed by atoms with E-state index in [9.17, 15) is 8.78 Å². The van der Waals surface area contributed by atoms with Crippen molar-refractivity contribution in [3.63, 3.8) is 0 Å². The summed E-state index contributed by atoms with van der Waals surface area (Å²) in [6.45, 7) is 18.4. The van der Waals surface area contributed by atoms with E-state index in [4.69, 9.17) is 5.73 Å². The zero-order valence-electron chi connectivity index (χ0n) is 25.6. The average molecular weight is 545 g/mol. The highest BCUT2D eigenvalue weighted by Gasteiger charge is 2.53. The van der Waals surface area contributed by atoms with Gasteiger partial charge in [0.1, 0.15) is 0 Å². The third kappa shape index (κ3) is 8.61. The summed E-state index contributed by atoms with van der Waals surface area (Å²) < 4.78 is 22.0. The maximum absolute atomic E-state index is 11.0. The summed E-state index contributed by atoms with van der Waals surface area (Å²) in [7, 11) is 4.41. The molecule has 4 atom stereocenters. The monoisotopic (exact) mass is 544 g/mol. The number of aryl methyl sites for hydroxylation is 2. The molecule has 2 N–H and O–H groups in total. The predicted molar refractivity (Wildman–Crippen MR) is 161 cm³/mol. The second-order valence-corrected chi connectivity index (χ2v) is 12.8. The van der Waals surface area contributed by atoms with Crippen LogP contribution in [0.15, 0.2) is 48.2 Å². The van der Waals surface area contributed by atoms with Gasteiger partial charge >= 0.3 is 0 Å². The Morgan fingerprint density at radius 1 is 1.18 bits per heavy atom. The number of alkyl halides is 2. The van der Waals surface area contributed by atoms with Crippen molar-refractivity contribution in [1.29, 1.82) is 0 Å². The van der Waals surface area contributed by atoms with E-state index in [1.165, 1.54) is 54.7 Å². The molecule has 0 amide bonds. The van der Waals surface area contributed by atoms with Gasteiger partial charge in [-0.05, 0) is 94.4 Å². The minimum atomic E-state index is -2.50. The lowest BCUT2D eigenvalue weighted by Crippen LogP contribution is -2.58. The maximum atomic E-state index is 11.0. The molecule has 5 rings (SSSR count). The van der Waals surface area contributed by atoms with Crippen molar-refractivity contribution in [2.45, 2.75) is 84.2 Å². The number of rotatable bonds is 7. The van der Waals surface area contributed by atoms with Crippen LogP contribution in [-0.2, 0) is 6.42 Å². The van der Waals surface area contributed by atoms with Gasteiger partial charge in [-0.1, -0.05) is 50.3 Å². The molecule has 1 aromatic carbocycles. The average Bonchev–Trinajstić information content (AvgIpc) is 3.48. The summed E-state index contributed by atoms with van der Waals surface area (Å²) in [4.78, 5) is 7.44. The van der Waals surface area contributed by atoms with Gasteiger partial charge in [-0.15, -0.1) is 0 Å². The fraction of sp³-hybridized carbons (Fsp3) is 0.697. The molecule has 0 radical (unpaired) electrons. The van der Waals surface area contributed by atoms with Gasteiger partial charge in [-0.2, -0.15) is 0 Å². The van der Waals surface area contributed by atoms with E-state index >= 15 is 0 Å². The first kappa shape index (κ1) is 31.8. The van der Waals surface area contributed by atoms with Gasteiger partial charge in [0.25, 0.3) is 0 Å². The van der Waals surface area contributed by atoms with Gasteiger partial charge in [0.05, 0.1) is 0 Å². The fourth-order valence-electron chi connectivity index (χ4n) is 7.05. The van der Waals surface area contributed by atoms with Gasteiger partial charge < -0.3 is 15.5 Å². The molecular weight excluding hydrogens is 490 g/mol. The molecule has 0 bridgehead atoms. The van der Waals surface area contributed by atoms with Crippen molar-refractivity contribution in [2.24, 2.45) is 23.5 Å². The summed E-state index contributed by atoms with van der Waals surface area (Å²) in [6.07, 6.45) is 8.24. The van der Waals surface area contributed by atoms with Crippen LogP contribution >= 0.6 is 0 Å². The number of hydrogen-bond acceptors (Lipinski definition) is 4. The minimum Gasteiger partial charge on any atom is -0.380 e. The number of nitrogens with zero attached hydrogens (tertiary/aromatic N) is 3. The van der Waals surface area contributed by atoms with Crippen LogP contribution in [0.25, 0.3) is 0 Å². The molecule has 6 heteroatoms. The Labute approximate surface area is 237 Å². The lowest BCUT2D eigenvalue weighted by Gasteiger charge is -2.43. The second-order valence-electron chi connectivity index (χ2n) is 12.8. The van der Waals surface area contributed by atoms with E-state index in [-0.39, 0.29) is 5.54 Å². The maximum Gasteiger partial charge on any atom is 0.242 e. The first-order chi connectivity index (χ1) is 18.3. The number of halogens is 2. The highest BCUT2D eigenvalue weighted by molar-refractivity contribution is 5.34. The molecule has 4 aliphatic rings. The molecular formula is C33H54F2N4. The molecule has 2 saturated heterocycles. The summed E-state index contributed by atoms with van der Waals surface area (Å²) in [5.74, 6) is -0.643. The Bertz CT molecular complexity index is 974. The Morgan fingerprint density at radius 2 is 1.85 bits per heavy atom. The number of hydrogen-bond donors (Lipinski definition) is 1. The number of fused-ring (bicyclic) bond motifs is 1. The smallest absolute Gasteiger partial charge is 0.242 e. The van der Waals surface area contributed by atoms with E-state index < -0.39 is 5.92 Å². The Kier molecular flexibility index (Phi) is 10.8. The van der Waals surface area contributed by atoms with E-state index in [2.05, 4.69) is 72.8 Å². The first-order valence-corrected chi connectivity index (χ1v) is 15.1. The number of nitrogens with two attached hydrogens (primary N) is 1. The lowest BCUT2D eigenvalue weighted by molar-refractivity contribution is 0.0437. The van der Waals surface area contributed by atoms with E-state index in [0.717, 1.165) is 52.2 Å². The van der Waals surface area contributed by atoms with Crippen molar-refractivity contribution in [3.05, 3.63) is 59.3 Å². The Balaban J connectivity index is 0.000000542. The summed E-state index contributed by atoms with van der Waals surface area (Å²) >= 11 is 0. The molecule has 4 unspecified atom stereocenters. The van der Waals surface area contributed by atoms with Gasteiger partial charge in [-0.3, -0.25) is 4.90 Å². The van der Waals surface area contributed by atoms with Gasteiger partial charge in [0.2, 0.25) is 5.92 Å². The van der Waals surface area contributed by atoms with Crippen LogP contribution < -0.4 is 5.73 Å². The van der Waals surface area contributed by atoms with Crippen LogP contribution in [0.5, 0.6) is 0 Å². The Hall–Kier alpha value is -1.76. The van der Waals surface area contributed by atoms with E-state index in [1.807, 2.05) is 13.8 Å². The van der Waals surface area contributed by atoms with Gasteiger partial charge in [0, 0.05) is 57.6 Å². The number of benzene rings is 1. The van der Waals surface area contributed by atoms with Crippen LogP contribution in [0, 0.1) is 24.7 Å². The lowest BCUT2D eigenvalue weighted by atomic mass is 9.77. The molecule has 3 fully saturated rings. The molecule has 3 aliphatic heterocycles. The number of likely N-dealkylation sites (tertiary alicyclic amines) is 2. The van der Waals surface area contributed by atoms with E-state index in [1.54, 1.807) is 0 Å². The SMILES string of the molecule is C=C(C1=CN(C)CC1)C(CCc1cccc(C)c1)C1CC2CN(C3CN(C)C3)CC2(N)C1.CC.CC(C)(F)F. The first-order valence-electron chi connectivity index (χ1n) is 15.1. The van der Waals surface area contributed by atoms with Gasteiger partial charge in [-0.25, -0.2) is 8.78 Å². The summed E-state index contributed by atoms with van der Waals surface area (Å²) in [5.41, 5.74) is 12.8. The largest absolute Gasteiger partial charge is 0.380 e. The molecule has 39 heavy (non-hydrogen) atoms. The fourth-order valence-corrected chi connectivity index (χ4v) is 7.05. The Morgan fingerprint density at radius 3 is 2.38 bits per heavy atom. The molecule has 1 aliphatic carbocycles. The van der Waals surface area contributed by atoms with Crippen LogP contribution in [0.4, 0.5) is 8.78 Å². The van der Waals surface area contributed by atoms with Crippen molar-refractivity contribution >= 4 is 0 Å². The molecule has 4 nitrogen and oxygen atoms in total. The standard InChI is InChI=1S/C28H42N4.C3H6F2.C2H6/c1-20-6-5-7-22(12-20)8-9-27(21(2)23-10-11-30(3)15-23)24-13-25-16-32(19-28(25,29)14-24)26-17-31(4)18-26;1-3(2,4)5;1-2/h5-7,12,15,24-27H,2,8-11,13-14,16-19,29H2,1,3-4H3;1-2H3;1-2H3. The molecule has 1 aromatic rings. The highest BCUT2D eigenvalue weighted by Crippen LogP contribution is 2.50. The number of allylic oxidation sites excluding steroid dienone is 1. The van der Waals surface area contributed by atoms with Crippen molar-refractivity contribution in [1.82, 2.24) is 14.7 Å². The second kappa shape index (κ2) is 13.3. The highest BCUT2D eigenvalue weighted by atomic mass is 19.3. The molecule has 0 aromatic heterocycles. The third-order valence-corrected chi connectivity index (χ3v) is 8.92. The third-order valence-electron chi connectivity index (χ3n) is 8.92. The van der Waals surface area contributed by atoms with Crippen LogP contribution in [0.2, 0.25) is 0 Å². The topological polar surface area (TPSA) is 35.7 Å². The van der Waals surface area contributed by atoms with Crippen LogP contribution in [0.3, 0.4) is 0 Å². The van der Waals surface area contributed by atoms with Crippen LogP contribution in [-0.4, -0.2) is 79.0 Å². The minimum absolute atomic E-state index is 0.00153. The van der Waals surface area contributed by atoms with Gasteiger partial charge in [0.15, 0.2) is 0 Å². The van der Waals surface area contributed by atoms with Crippen molar-refractivity contribution < 1.29 is 8.78 Å².